The van der Waals surface area contributed by atoms with Gasteiger partial charge in [-0.1, -0.05) is 0 Å². The van der Waals surface area contributed by atoms with Gasteiger partial charge in [0.05, 0.1) is 6.30 Å². The monoisotopic (exact) mass is 214 g/mol. The molecular weight excluding hydrogens is 209 g/mol. The first kappa shape index (κ1) is 11.7. The Hall–Kier alpha value is -0.273. The minimum atomic E-state index is -5.67. The number of halogens is 7. The predicted molar refractivity (Wildman–Crippen MR) is 29.7 cm³/mol. The molecule has 0 unspecified atom stereocenters. The van der Waals surface area contributed by atoms with E-state index in [0.717, 1.165) is 0 Å². The van der Waals surface area contributed by atoms with Gasteiger partial charge >= 0.3 is 8.07 Å². The van der Waals surface area contributed by atoms with Crippen molar-refractivity contribution in [3.63, 3.8) is 0 Å². The van der Waals surface area contributed by atoms with Gasteiger partial charge in [0, 0.05) is 0 Å². The summed E-state index contributed by atoms with van der Waals surface area (Å²) in [6, 6.07) is -11.8. The van der Waals surface area contributed by atoms with Gasteiger partial charge in [-0.2, -0.15) is 0 Å². The van der Waals surface area contributed by atoms with Crippen LogP contribution in [0.4, 0.5) is 30.7 Å². The number of hydrogen-bond acceptors (Lipinski definition) is 0. The van der Waals surface area contributed by atoms with Gasteiger partial charge in [-0.15, -0.1) is 0 Å². The Morgan fingerprint density at radius 3 is 1.00 bits per heavy atom. The van der Waals surface area contributed by atoms with Gasteiger partial charge in [0.2, 0.25) is 18.1 Å². The number of alkyl halides is 7. The highest BCUT2D eigenvalue weighted by atomic mass is 28.3. The van der Waals surface area contributed by atoms with E-state index < -0.39 is 32.5 Å². The van der Waals surface area contributed by atoms with Gasteiger partial charge < -0.3 is 0 Å². The van der Waals surface area contributed by atoms with Gasteiger partial charge in [0.1, 0.15) is 0 Å². The van der Waals surface area contributed by atoms with Gasteiger partial charge in [0.25, 0.3) is 0 Å². The first-order chi connectivity index (χ1) is 5.39. The van der Waals surface area contributed by atoms with Crippen molar-refractivity contribution in [1.82, 2.24) is 0 Å². The summed E-state index contributed by atoms with van der Waals surface area (Å²) in [4.78, 5) is 0. The second-order valence-corrected chi connectivity index (χ2v) is 5.95. The molecule has 0 spiro atoms. The van der Waals surface area contributed by atoms with E-state index in [2.05, 4.69) is 0 Å². The second kappa shape index (κ2) is 4.10. The largest absolute Gasteiger partial charge is 0.320 e. The number of hydrogen-bond donors (Lipinski definition) is 0. The van der Waals surface area contributed by atoms with Crippen molar-refractivity contribution in [2.24, 2.45) is 0 Å². The molecule has 0 saturated heterocycles. The molecule has 0 nitrogen and oxygen atoms in total. The lowest BCUT2D eigenvalue weighted by Gasteiger charge is -2.24. The van der Waals surface area contributed by atoms with Crippen LogP contribution < -0.4 is 0 Å². The van der Waals surface area contributed by atoms with Crippen molar-refractivity contribution in [2.75, 3.05) is 6.30 Å². The van der Waals surface area contributed by atoms with Gasteiger partial charge in [-0.05, 0) is 0 Å². The van der Waals surface area contributed by atoms with Crippen molar-refractivity contribution in [3.8, 4) is 0 Å². The Bertz CT molecular complexity index is 114. The zero-order chi connectivity index (χ0) is 9.94. The minimum absolute atomic E-state index is 2.31. The number of rotatable bonds is 4. The smallest absolute Gasteiger partial charge is 0.254 e. The molecule has 0 fully saturated rings. The fourth-order valence-corrected chi connectivity index (χ4v) is 1.38. The first-order valence-electron chi connectivity index (χ1n) is 2.80. The molecule has 0 rings (SSSR count). The lowest BCUT2D eigenvalue weighted by Crippen LogP contribution is -2.60. The molecule has 74 valence electrons. The van der Waals surface area contributed by atoms with E-state index in [1.807, 2.05) is 0 Å². The van der Waals surface area contributed by atoms with Crippen LogP contribution in [0.15, 0.2) is 0 Å². The zero-order valence-corrected chi connectivity index (χ0v) is 6.58. The summed E-state index contributed by atoms with van der Waals surface area (Å²) in [5.41, 5.74) is 0. The fourth-order valence-electron chi connectivity index (χ4n) is 0.461. The molecule has 8 heteroatoms. The molecule has 12 heavy (non-hydrogen) atoms. The lowest BCUT2D eigenvalue weighted by atomic mass is 11.5. The topological polar surface area (TPSA) is 0 Å². The Kier molecular flexibility index (Phi) is 4.01. The highest BCUT2D eigenvalue weighted by Gasteiger charge is 2.60. The van der Waals surface area contributed by atoms with Crippen LogP contribution in [0.25, 0.3) is 0 Å². The van der Waals surface area contributed by atoms with E-state index in [4.69, 9.17) is 0 Å². The van der Waals surface area contributed by atoms with Crippen molar-refractivity contribution >= 4 is 8.07 Å². The van der Waals surface area contributed by atoms with Crippen molar-refractivity contribution in [2.45, 2.75) is 18.1 Å². The molecular formula is C4H5F7Si. The van der Waals surface area contributed by atoms with Crippen LogP contribution in [0.2, 0.25) is 0 Å². The van der Waals surface area contributed by atoms with E-state index in [0.29, 0.717) is 0 Å². The maximum absolute atomic E-state index is 11.7. The van der Waals surface area contributed by atoms with Crippen molar-refractivity contribution in [3.05, 3.63) is 0 Å². The van der Waals surface area contributed by atoms with E-state index in [-0.39, 0.29) is 0 Å². The van der Waals surface area contributed by atoms with Gasteiger partial charge in [0.15, 0.2) is 0 Å². The van der Waals surface area contributed by atoms with Crippen molar-refractivity contribution in [1.29, 1.82) is 0 Å². The molecule has 0 aromatic carbocycles. The lowest BCUT2D eigenvalue weighted by molar-refractivity contribution is 0.119. The third kappa shape index (κ3) is 1.72. The van der Waals surface area contributed by atoms with Crippen LogP contribution in [0.5, 0.6) is 0 Å². The van der Waals surface area contributed by atoms with Gasteiger partial charge in [-0.25, -0.2) is 26.3 Å². The van der Waals surface area contributed by atoms with Gasteiger partial charge in [-0.3, -0.25) is 4.39 Å². The zero-order valence-electron chi connectivity index (χ0n) is 5.58. The molecule has 0 amide bonds. The predicted octanol–water partition coefficient (Wildman–Crippen LogP) is 2.36. The summed E-state index contributed by atoms with van der Waals surface area (Å²) < 4.78 is 82.0. The quantitative estimate of drug-likeness (QED) is 0.497. The Morgan fingerprint density at radius 1 is 0.750 bits per heavy atom. The fraction of sp³-hybridized carbons (Fsp3) is 1.00. The minimum Gasteiger partial charge on any atom is -0.254 e. The summed E-state index contributed by atoms with van der Waals surface area (Å²) in [5.74, 6) is 0. The standard InChI is InChI=1S/C4H5F7Si/c5-1-12(2(6)7,3(8)9)4(10)11/h2-4H,1H2. The average Bonchev–Trinajstić information content (AvgIpc) is 1.86. The molecule has 0 aromatic heterocycles. The van der Waals surface area contributed by atoms with Crippen LogP contribution >= 0.6 is 0 Å². The summed E-state index contributed by atoms with van der Waals surface area (Å²) in [7, 11) is -5.67. The van der Waals surface area contributed by atoms with Crippen molar-refractivity contribution < 1.29 is 30.7 Å². The highest BCUT2D eigenvalue weighted by Crippen LogP contribution is 2.28. The summed E-state index contributed by atoms with van der Waals surface area (Å²) in [6.45, 7) is 0. The van der Waals surface area contributed by atoms with Crippen LogP contribution in [-0.4, -0.2) is 32.5 Å². The summed E-state index contributed by atoms with van der Waals surface area (Å²) >= 11 is 0. The van der Waals surface area contributed by atoms with Crippen LogP contribution in [0.1, 0.15) is 0 Å². The third-order valence-corrected chi connectivity index (χ3v) is 4.35. The molecule has 0 bridgehead atoms. The molecule has 0 aliphatic heterocycles. The maximum Gasteiger partial charge on any atom is 0.320 e. The summed E-state index contributed by atoms with van der Waals surface area (Å²) in [6.07, 6.45) is -2.31. The third-order valence-electron chi connectivity index (χ3n) is 1.45. The maximum atomic E-state index is 11.7. The Balaban J connectivity index is 4.77. The first-order valence-corrected chi connectivity index (χ1v) is 5.24. The normalized spacial score (nSPS) is 13.5. The molecule has 0 atom stereocenters. The molecule has 0 aromatic rings. The Labute approximate surface area is 64.4 Å². The van der Waals surface area contributed by atoms with E-state index in [9.17, 15) is 30.7 Å². The average molecular weight is 214 g/mol. The van der Waals surface area contributed by atoms with E-state index >= 15 is 0 Å². The SMILES string of the molecule is FC[Si](C(F)F)(C(F)F)C(F)F. The molecule has 0 heterocycles. The molecule has 0 N–H and O–H groups in total. The molecule has 0 aliphatic carbocycles. The Morgan fingerprint density at radius 2 is 1.00 bits per heavy atom. The molecule has 0 aliphatic rings. The van der Waals surface area contributed by atoms with E-state index in [1.54, 1.807) is 0 Å². The molecule has 0 saturated carbocycles. The molecule has 0 radical (unpaired) electrons. The van der Waals surface area contributed by atoms with Crippen LogP contribution in [0.3, 0.4) is 0 Å². The second-order valence-electron chi connectivity index (χ2n) is 2.15. The summed E-state index contributed by atoms with van der Waals surface area (Å²) in [5, 5.41) is 0. The van der Waals surface area contributed by atoms with Crippen LogP contribution in [0, 0.1) is 0 Å². The van der Waals surface area contributed by atoms with E-state index in [1.165, 1.54) is 0 Å². The van der Waals surface area contributed by atoms with Crippen LogP contribution in [-0.2, 0) is 0 Å². The highest BCUT2D eigenvalue weighted by molar-refractivity contribution is 6.82.